The van der Waals surface area contributed by atoms with Crippen molar-refractivity contribution < 1.29 is 5.11 Å². The van der Waals surface area contributed by atoms with Crippen LogP contribution in [0.15, 0.2) is 36.7 Å². The van der Waals surface area contributed by atoms with Crippen LogP contribution in [-0.2, 0) is 6.54 Å². The zero-order valence-corrected chi connectivity index (χ0v) is 20.5. The molecule has 7 heteroatoms. The third-order valence-corrected chi connectivity index (χ3v) is 7.29. The van der Waals surface area contributed by atoms with Gasteiger partial charge in [0, 0.05) is 68.2 Å². The first-order valence-corrected chi connectivity index (χ1v) is 12.9. The average Bonchev–Trinajstić information content (AvgIpc) is 3.22. The van der Waals surface area contributed by atoms with Crippen LogP contribution >= 0.6 is 0 Å². The molecule has 2 aliphatic rings. The molecule has 1 aromatic carbocycles. The van der Waals surface area contributed by atoms with Gasteiger partial charge in [-0.15, -0.1) is 0 Å². The Bertz CT molecular complexity index is 1090. The molecule has 2 fully saturated rings. The molecule has 0 radical (unpaired) electrons. The van der Waals surface area contributed by atoms with Crippen LogP contribution < -0.4 is 10.6 Å². The highest BCUT2D eigenvalue weighted by atomic mass is 16.3. The van der Waals surface area contributed by atoms with E-state index in [9.17, 15) is 5.11 Å². The fourth-order valence-electron chi connectivity index (χ4n) is 5.40. The van der Waals surface area contributed by atoms with Gasteiger partial charge in [0.15, 0.2) is 0 Å². The highest BCUT2D eigenvalue weighted by Crippen LogP contribution is 2.36. The Hall–Kier alpha value is -2.48. The van der Waals surface area contributed by atoms with Crippen molar-refractivity contribution in [1.82, 2.24) is 24.8 Å². The van der Waals surface area contributed by atoms with E-state index in [1.165, 1.54) is 16.7 Å². The molecule has 1 aliphatic carbocycles. The summed E-state index contributed by atoms with van der Waals surface area (Å²) in [6, 6.07) is 9.93. The topological polar surface area (TPSA) is 78.2 Å². The van der Waals surface area contributed by atoms with Crippen molar-refractivity contribution >= 4 is 17.0 Å². The van der Waals surface area contributed by atoms with Gasteiger partial charge >= 0.3 is 0 Å². The molecule has 3 heterocycles. The van der Waals surface area contributed by atoms with Crippen molar-refractivity contribution in [1.29, 1.82) is 0 Å². The zero-order chi connectivity index (χ0) is 23.5. The molecule has 3 N–H and O–H groups in total. The minimum Gasteiger partial charge on any atom is -0.393 e. The number of aliphatic hydroxyl groups excluding tert-OH is 1. The molecule has 1 aliphatic heterocycles. The first-order valence-electron chi connectivity index (χ1n) is 12.9. The summed E-state index contributed by atoms with van der Waals surface area (Å²) in [4.78, 5) is 12.1. The predicted octanol–water partition coefficient (Wildman–Crippen LogP) is 4.19. The smallest absolute Gasteiger partial charge is 0.224 e. The number of hydrogen-bond acceptors (Lipinski definition) is 6. The Morgan fingerprint density at radius 1 is 1.15 bits per heavy atom. The average molecular weight is 463 g/mol. The van der Waals surface area contributed by atoms with Crippen molar-refractivity contribution in [2.45, 2.75) is 70.7 Å². The van der Waals surface area contributed by atoms with Gasteiger partial charge in [-0.2, -0.15) is 4.98 Å². The van der Waals surface area contributed by atoms with Crippen LogP contribution in [0.1, 0.15) is 57.6 Å². The molecular weight excluding hydrogens is 424 g/mol. The van der Waals surface area contributed by atoms with Crippen molar-refractivity contribution in [2.75, 3.05) is 31.5 Å². The number of rotatable bonds is 7. The Balaban J connectivity index is 1.44. The normalized spacial score (nSPS) is 23.9. The van der Waals surface area contributed by atoms with Gasteiger partial charge in [0.25, 0.3) is 0 Å². The summed E-state index contributed by atoms with van der Waals surface area (Å²) in [5, 5.41) is 18.0. The second kappa shape index (κ2) is 10.4. The Morgan fingerprint density at radius 3 is 2.68 bits per heavy atom. The maximum absolute atomic E-state index is 10.0. The van der Waals surface area contributed by atoms with Crippen molar-refractivity contribution in [3.63, 3.8) is 0 Å². The van der Waals surface area contributed by atoms with Crippen LogP contribution in [0.3, 0.4) is 0 Å². The molecule has 3 aromatic rings. The maximum Gasteiger partial charge on any atom is 0.224 e. The quantitative estimate of drug-likeness (QED) is 0.489. The highest BCUT2D eigenvalue weighted by molar-refractivity contribution is 5.94. The maximum atomic E-state index is 10.0. The Labute approximate surface area is 202 Å². The second-order valence-corrected chi connectivity index (χ2v) is 10.1. The van der Waals surface area contributed by atoms with E-state index in [1.54, 1.807) is 0 Å². The highest BCUT2D eigenvalue weighted by Gasteiger charge is 2.24. The van der Waals surface area contributed by atoms with Gasteiger partial charge in [-0.1, -0.05) is 31.2 Å². The van der Waals surface area contributed by atoms with Crippen LogP contribution in [0.2, 0.25) is 0 Å². The van der Waals surface area contributed by atoms with E-state index in [1.807, 2.05) is 6.20 Å². The number of aromatic nitrogens is 3. The lowest BCUT2D eigenvalue weighted by Crippen LogP contribution is -2.48. The van der Waals surface area contributed by atoms with E-state index in [0.717, 1.165) is 75.9 Å². The van der Waals surface area contributed by atoms with Gasteiger partial charge in [-0.05, 0) is 50.2 Å². The molecule has 1 saturated heterocycles. The number of hydrogen-bond donors (Lipinski definition) is 3. The van der Waals surface area contributed by atoms with Crippen LogP contribution in [0.5, 0.6) is 0 Å². The summed E-state index contributed by atoms with van der Waals surface area (Å²) in [5.41, 5.74) is 4.73. The van der Waals surface area contributed by atoms with E-state index in [-0.39, 0.29) is 6.10 Å². The summed E-state index contributed by atoms with van der Waals surface area (Å²) in [5.74, 6) is 0.691. The number of nitrogens with one attached hydrogen (secondary N) is 2. The number of piperazine rings is 1. The third-order valence-electron chi connectivity index (χ3n) is 7.29. The molecule has 7 nitrogen and oxygen atoms in total. The third kappa shape index (κ3) is 5.11. The van der Waals surface area contributed by atoms with Crippen LogP contribution in [-0.4, -0.2) is 62.9 Å². The van der Waals surface area contributed by atoms with E-state index < -0.39 is 0 Å². The first kappa shape index (κ1) is 23.3. The molecule has 5 rings (SSSR count). The summed E-state index contributed by atoms with van der Waals surface area (Å²) < 4.78 is 2.34. The predicted molar refractivity (Wildman–Crippen MR) is 138 cm³/mol. The summed E-state index contributed by atoms with van der Waals surface area (Å²) in [7, 11) is 0. The van der Waals surface area contributed by atoms with Crippen molar-refractivity contribution in [3.8, 4) is 11.1 Å². The SMILES string of the molecule is CCCNc1ncc2c(-c3ccc(CN4CCN[C@H](C)C4)cc3)cn(C3CCC(O)CC3)c2n1. The monoisotopic (exact) mass is 462 g/mol. The van der Waals surface area contributed by atoms with E-state index in [2.05, 4.69) is 69.4 Å². The summed E-state index contributed by atoms with van der Waals surface area (Å²) in [6.07, 6.45) is 8.77. The largest absolute Gasteiger partial charge is 0.393 e. The lowest BCUT2D eigenvalue weighted by molar-refractivity contribution is 0.111. The zero-order valence-electron chi connectivity index (χ0n) is 20.5. The van der Waals surface area contributed by atoms with Crippen LogP contribution in [0.4, 0.5) is 5.95 Å². The lowest BCUT2D eigenvalue weighted by atomic mass is 9.93. The van der Waals surface area contributed by atoms with E-state index in [4.69, 9.17) is 4.98 Å². The molecule has 1 saturated carbocycles. The molecule has 182 valence electrons. The fraction of sp³-hybridized carbons (Fsp3) is 0.556. The number of anilines is 1. The minimum atomic E-state index is -0.167. The van der Waals surface area contributed by atoms with Crippen molar-refractivity contribution in [2.24, 2.45) is 0 Å². The Kier molecular flexibility index (Phi) is 7.13. The van der Waals surface area contributed by atoms with Crippen molar-refractivity contribution in [3.05, 3.63) is 42.2 Å². The standard InChI is InChI=1S/C27H38N6O/c1-3-12-29-27-30-15-24-25(18-33(26(24)31-27)22-8-10-23(34)11-9-22)21-6-4-20(5-7-21)17-32-14-13-28-19(2)16-32/h4-7,15,18-19,22-23,28,34H,3,8-14,16-17H2,1-2H3,(H,29,30,31)/t19-,22?,23?/m1/s1. The summed E-state index contributed by atoms with van der Waals surface area (Å²) in [6.45, 7) is 9.51. The van der Waals surface area contributed by atoms with Gasteiger partial charge in [0.2, 0.25) is 5.95 Å². The molecular formula is C27H38N6O. The lowest BCUT2D eigenvalue weighted by Gasteiger charge is -2.31. The molecule has 0 bridgehead atoms. The minimum absolute atomic E-state index is 0.167. The molecule has 0 unspecified atom stereocenters. The van der Waals surface area contributed by atoms with Crippen LogP contribution in [0, 0.1) is 0 Å². The molecule has 0 amide bonds. The van der Waals surface area contributed by atoms with E-state index >= 15 is 0 Å². The number of benzene rings is 1. The molecule has 2 aromatic heterocycles. The number of aliphatic hydroxyl groups is 1. The van der Waals surface area contributed by atoms with Gasteiger partial charge < -0.3 is 20.3 Å². The van der Waals surface area contributed by atoms with Crippen LogP contribution in [0.25, 0.3) is 22.2 Å². The molecule has 1 atom stereocenters. The summed E-state index contributed by atoms with van der Waals surface area (Å²) >= 11 is 0. The van der Waals surface area contributed by atoms with Gasteiger partial charge in [0.1, 0.15) is 5.65 Å². The number of nitrogens with zero attached hydrogens (tertiary/aromatic N) is 4. The molecule has 34 heavy (non-hydrogen) atoms. The second-order valence-electron chi connectivity index (χ2n) is 10.1. The van der Waals surface area contributed by atoms with Gasteiger partial charge in [0.05, 0.1) is 6.10 Å². The number of fused-ring (bicyclic) bond motifs is 1. The van der Waals surface area contributed by atoms with Gasteiger partial charge in [-0.3, -0.25) is 4.90 Å². The van der Waals surface area contributed by atoms with Gasteiger partial charge in [-0.25, -0.2) is 4.98 Å². The fourth-order valence-corrected chi connectivity index (χ4v) is 5.40. The van der Waals surface area contributed by atoms with E-state index in [0.29, 0.717) is 18.0 Å². The first-order chi connectivity index (χ1) is 16.6. The molecule has 0 spiro atoms. The Morgan fingerprint density at radius 2 is 1.94 bits per heavy atom.